The summed E-state index contributed by atoms with van der Waals surface area (Å²) in [5.74, 6) is 4.05. The second-order valence-corrected chi connectivity index (χ2v) is 7.59. The van der Waals surface area contributed by atoms with Crippen LogP contribution in [0.3, 0.4) is 0 Å². The number of piperidine rings is 1. The van der Waals surface area contributed by atoms with E-state index in [1.807, 2.05) is 18.2 Å². The maximum atomic E-state index is 9.55. The lowest BCUT2D eigenvalue weighted by Gasteiger charge is -2.36. The van der Waals surface area contributed by atoms with Gasteiger partial charge in [-0.25, -0.2) is 9.59 Å². The highest BCUT2D eigenvalue weighted by Gasteiger charge is 2.21. The van der Waals surface area contributed by atoms with Crippen LogP contribution in [-0.2, 0) is 16.1 Å². The van der Waals surface area contributed by atoms with E-state index in [-0.39, 0.29) is 0 Å². The molecule has 1 saturated heterocycles. The molecule has 0 atom stereocenters. The molecular weight excluding hydrogens is 404 g/mol. The molecule has 1 aliphatic heterocycles. The molecule has 0 saturated carbocycles. The average molecular weight is 435 g/mol. The molecular formula is C26H30N2O4. The van der Waals surface area contributed by atoms with Gasteiger partial charge in [-0.2, -0.15) is 0 Å². The minimum Gasteiger partial charge on any atom is -0.478 e. The van der Waals surface area contributed by atoms with Crippen LogP contribution in [0.15, 0.2) is 72.8 Å². The van der Waals surface area contributed by atoms with Crippen LogP contribution >= 0.6 is 0 Å². The van der Waals surface area contributed by atoms with Crippen molar-refractivity contribution in [1.29, 1.82) is 0 Å². The molecule has 2 aromatic rings. The lowest BCUT2D eigenvalue weighted by Crippen LogP contribution is -2.43. The van der Waals surface area contributed by atoms with Gasteiger partial charge in [-0.05, 0) is 50.7 Å². The summed E-state index contributed by atoms with van der Waals surface area (Å²) in [5, 5.41) is 15.6. The van der Waals surface area contributed by atoms with E-state index in [2.05, 4.69) is 71.2 Å². The van der Waals surface area contributed by atoms with Crippen molar-refractivity contribution in [3.8, 4) is 11.8 Å². The summed E-state index contributed by atoms with van der Waals surface area (Å²) in [4.78, 5) is 24.1. The Morgan fingerprint density at radius 1 is 0.969 bits per heavy atom. The zero-order chi connectivity index (χ0) is 23.2. The molecule has 0 radical (unpaired) electrons. The van der Waals surface area contributed by atoms with Crippen molar-refractivity contribution in [2.24, 2.45) is 0 Å². The van der Waals surface area contributed by atoms with Crippen molar-refractivity contribution < 1.29 is 19.8 Å². The van der Waals surface area contributed by atoms with E-state index in [1.165, 1.54) is 31.5 Å². The third-order valence-corrected chi connectivity index (χ3v) is 5.13. The average Bonchev–Trinajstić information content (AvgIpc) is 2.80. The molecule has 0 bridgehead atoms. The van der Waals surface area contributed by atoms with Gasteiger partial charge in [0.05, 0.1) is 6.54 Å². The molecule has 0 spiro atoms. The Morgan fingerprint density at radius 3 is 2.03 bits per heavy atom. The molecule has 0 unspecified atom stereocenters. The molecule has 1 aliphatic rings. The number of carboxylic acid groups (broad SMARTS) is 2. The maximum Gasteiger partial charge on any atom is 0.328 e. The molecule has 2 aromatic carbocycles. The maximum absolute atomic E-state index is 9.55. The second kappa shape index (κ2) is 13.8. The number of carbonyl (C=O) groups is 2. The number of aliphatic carboxylic acids is 2. The van der Waals surface area contributed by atoms with E-state index in [4.69, 9.17) is 10.2 Å². The largest absolute Gasteiger partial charge is 0.478 e. The third kappa shape index (κ3) is 10.1. The molecule has 32 heavy (non-hydrogen) atoms. The highest BCUT2D eigenvalue weighted by atomic mass is 16.4. The van der Waals surface area contributed by atoms with Crippen molar-refractivity contribution in [3.63, 3.8) is 0 Å². The fourth-order valence-electron chi connectivity index (χ4n) is 3.42. The highest BCUT2D eigenvalue weighted by Crippen LogP contribution is 2.17. The number of rotatable bonds is 6. The summed E-state index contributed by atoms with van der Waals surface area (Å²) in [6, 6.07) is 21.7. The molecule has 1 heterocycles. The summed E-state index contributed by atoms with van der Waals surface area (Å²) in [7, 11) is 2.21. The van der Waals surface area contributed by atoms with Crippen LogP contribution < -0.4 is 0 Å². The van der Waals surface area contributed by atoms with E-state index in [1.54, 1.807) is 0 Å². The molecule has 0 amide bonds. The lowest BCUT2D eigenvalue weighted by molar-refractivity contribution is -0.134. The quantitative estimate of drug-likeness (QED) is 0.536. The normalized spacial score (nSPS) is 14.3. The molecule has 2 N–H and O–H groups in total. The van der Waals surface area contributed by atoms with Crippen LogP contribution in [0.5, 0.6) is 0 Å². The van der Waals surface area contributed by atoms with Gasteiger partial charge in [0, 0.05) is 30.3 Å². The van der Waals surface area contributed by atoms with Crippen LogP contribution in [0.2, 0.25) is 0 Å². The topological polar surface area (TPSA) is 81.1 Å². The predicted octanol–water partition coefficient (Wildman–Crippen LogP) is 3.35. The Labute approximate surface area is 189 Å². The van der Waals surface area contributed by atoms with Crippen LogP contribution in [0, 0.1) is 11.8 Å². The number of nitrogens with zero attached hydrogens (tertiary/aromatic N) is 2. The summed E-state index contributed by atoms with van der Waals surface area (Å²) < 4.78 is 0. The summed E-state index contributed by atoms with van der Waals surface area (Å²) in [6.07, 6.45) is 3.58. The van der Waals surface area contributed by atoms with Gasteiger partial charge in [0.25, 0.3) is 0 Å². The first kappa shape index (κ1) is 24.9. The van der Waals surface area contributed by atoms with Crippen molar-refractivity contribution >= 4 is 11.9 Å². The van der Waals surface area contributed by atoms with Crippen molar-refractivity contribution in [1.82, 2.24) is 9.80 Å². The monoisotopic (exact) mass is 434 g/mol. The SMILES string of the molecule is CN(CC#Cc1ccccc1)C1CCN(Cc2ccccc2)CC1.O=C(O)/C=C/C(=O)O. The molecule has 168 valence electrons. The lowest BCUT2D eigenvalue weighted by atomic mass is 10.0. The van der Waals surface area contributed by atoms with E-state index in [0.717, 1.165) is 18.7 Å². The van der Waals surface area contributed by atoms with E-state index >= 15 is 0 Å². The minimum absolute atomic E-state index is 0.558. The predicted molar refractivity (Wildman–Crippen MR) is 125 cm³/mol. The van der Waals surface area contributed by atoms with Gasteiger partial charge >= 0.3 is 11.9 Å². The standard InChI is InChI=1S/C22H26N2.C4H4O4/c1-23(16-8-13-20-9-4-2-5-10-20)22-14-17-24(18-15-22)19-21-11-6-3-7-12-21;5-3(6)1-2-4(7)8/h2-7,9-12,22H,14-19H2,1H3;1-2H,(H,5,6)(H,7,8)/b;2-1+. The van der Waals surface area contributed by atoms with Crippen LogP contribution in [0.1, 0.15) is 24.0 Å². The Hall–Kier alpha value is -3.40. The zero-order valence-corrected chi connectivity index (χ0v) is 18.4. The van der Waals surface area contributed by atoms with Crippen LogP contribution in [0.4, 0.5) is 0 Å². The Bertz CT molecular complexity index is 909. The Morgan fingerprint density at radius 2 is 1.50 bits per heavy atom. The minimum atomic E-state index is -1.26. The molecule has 6 heteroatoms. The first-order chi connectivity index (χ1) is 15.4. The first-order valence-corrected chi connectivity index (χ1v) is 10.6. The van der Waals surface area contributed by atoms with Gasteiger partial charge in [0.2, 0.25) is 0 Å². The zero-order valence-electron chi connectivity index (χ0n) is 18.4. The smallest absolute Gasteiger partial charge is 0.328 e. The number of benzene rings is 2. The highest BCUT2D eigenvalue weighted by molar-refractivity contribution is 5.89. The molecule has 0 aliphatic carbocycles. The number of likely N-dealkylation sites (tertiary alicyclic amines) is 1. The molecule has 6 nitrogen and oxygen atoms in total. The van der Waals surface area contributed by atoms with Gasteiger partial charge in [-0.3, -0.25) is 9.80 Å². The summed E-state index contributed by atoms with van der Waals surface area (Å²) in [6.45, 7) is 4.27. The second-order valence-electron chi connectivity index (χ2n) is 7.59. The van der Waals surface area contributed by atoms with E-state index in [9.17, 15) is 9.59 Å². The van der Waals surface area contributed by atoms with Gasteiger partial charge in [-0.15, -0.1) is 0 Å². The summed E-state index contributed by atoms with van der Waals surface area (Å²) >= 11 is 0. The van der Waals surface area contributed by atoms with Crippen LogP contribution in [0.25, 0.3) is 0 Å². The van der Waals surface area contributed by atoms with Crippen molar-refractivity contribution in [2.45, 2.75) is 25.4 Å². The van der Waals surface area contributed by atoms with Crippen molar-refractivity contribution in [3.05, 3.63) is 83.9 Å². The van der Waals surface area contributed by atoms with Gasteiger partial charge in [-0.1, -0.05) is 60.4 Å². The van der Waals surface area contributed by atoms with E-state index in [0.29, 0.717) is 18.2 Å². The third-order valence-electron chi connectivity index (χ3n) is 5.13. The number of carboxylic acids is 2. The first-order valence-electron chi connectivity index (χ1n) is 10.6. The van der Waals surface area contributed by atoms with Gasteiger partial charge < -0.3 is 10.2 Å². The Kier molecular flexibility index (Phi) is 10.7. The van der Waals surface area contributed by atoms with E-state index < -0.39 is 11.9 Å². The van der Waals surface area contributed by atoms with Gasteiger partial charge in [0.15, 0.2) is 0 Å². The fraction of sp³-hybridized carbons (Fsp3) is 0.308. The fourth-order valence-corrected chi connectivity index (χ4v) is 3.42. The number of hydrogen-bond acceptors (Lipinski definition) is 4. The number of hydrogen-bond donors (Lipinski definition) is 2. The van der Waals surface area contributed by atoms with Crippen molar-refractivity contribution in [2.75, 3.05) is 26.7 Å². The molecule has 0 aromatic heterocycles. The Balaban J connectivity index is 0.000000390. The summed E-state index contributed by atoms with van der Waals surface area (Å²) in [5.41, 5.74) is 2.52. The van der Waals surface area contributed by atoms with Gasteiger partial charge in [0.1, 0.15) is 0 Å². The molecule has 3 rings (SSSR count). The molecule has 1 fully saturated rings. The van der Waals surface area contributed by atoms with Crippen LogP contribution in [-0.4, -0.2) is 64.7 Å².